The van der Waals surface area contributed by atoms with E-state index in [2.05, 4.69) is 10.3 Å². The van der Waals surface area contributed by atoms with Crippen molar-refractivity contribution in [1.29, 1.82) is 0 Å². The number of hydrogen-bond acceptors (Lipinski definition) is 3. The molecule has 2 N–H and O–H groups in total. The fourth-order valence-corrected chi connectivity index (χ4v) is 2.15. The Hall–Kier alpha value is -1.81. The summed E-state index contributed by atoms with van der Waals surface area (Å²) in [5, 5.41) is 4.40. The molecule has 100 valence electrons. The zero-order valence-corrected chi connectivity index (χ0v) is 11.0. The molecule has 1 aromatic heterocycles. The maximum Gasteiger partial charge on any atom is 0.252 e. The molecular weight excluding hydrogens is 240 g/mol. The molecule has 1 aliphatic carbocycles. The van der Waals surface area contributed by atoms with Crippen LogP contribution in [0.5, 0.6) is 5.75 Å². The van der Waals surface area contributed by atoms with Crippen molar-refractivity contribution >= 4 is 10.9 Å². The van der Waals surface area contributed by atoms with Crippen LogP contribution < -0.4 is 15.6 Å². The fourth-order valence-electron chi connectivity index (χ4n) is 2.15. The number of hydrogen-bond donors (Lipinski definition) is 2. The molecule has 1 saturated carbocycles. The number of benzene rings is 1. The summed E-state index contributed by atoms with van der Waals surface area (Å²) < 4.78 is 5.44. The van der Waals surface area contributed by atoms with Gasteiger partial charge in [0, 0.05) is 24.2 Å². The molecule has 0 radical (unpaired) electrons. The van der Waals surface area contributed by atoms with E-state index >= 15 is 0 Å². The average Bonchev–Trinajstić information content (AvgIpc) is 3.21. The molecular formula is C15H18N2O2. The quantitative estimate of drug-likeness (QED) is 0.864. The monoisotopic (exact) mass is 258 g/mol. The van der Waals surface area contributed by atoms with Crippen molar-refractivity contribution in [3.8, 4) is 5.75 Å². The number of aromatic nitrogens is 1. The van der Waals surface area contributed by atoms with E-state index in [1.165, 1.54) is 12.8 Å². The highest BCUT2D eigenvalue weighted by Crippen LogP contribution is 2.21. The van der Waals surface area contributed by atoms with Crippen molar-refractivity contribution in [3.63, 3.8) is 0 Å². The molecule has 4 nitrogen and oxygen atoms in total. The van der Waals surface area contributed by atoms with Gasteiger partial charge < -0.3 is 15.0 Å². The summed E-state index contributed by atoms with van der Waals surface area (Å²) in [7, 11) is 0. The Balaban J connectivity index is 1.90. The summed E-state index contributed by atoms with van der Waals surface area (Å²) in [5.41, 5.74) is 1.60. The molecule has 1 aromatic carbocycles. The molecule has 1 aliphatic rings. The Labute approximate surface area is 111 Å². The standard InChI is InChI=1S/C15H18N2O2/c1-2-19-13-6-3-10-7-11(9-16-12-4-5-12)15(18)17-14(10)8-13/h3,6-8,12,16H,2,4-5,9H2,1H3,(H,17,18). The summed E-state index contributed by atoms with van der Waals surface area (Å²) in [6.07, 6.45) is 2.45. The molecule has 0 amide bonds. The molecule has 0 atom stereocenters. The number of fused-ring (bicyclic) bond motifs is 1. The molecule has 0 spiro atoms. The van der Waals surface area contributed by atoms with E-state index in [4.69, 9.17) is 4.74 Å². The number of ether oxygens (including phenoxy) is 1. The lowest BCUT2D eigenvalue weighted by molar-refractivity contribution is 0.340. The molecule has 19 heavy (non-hydrogen) atoms. The minimum atomic E-state index is -0.0192. The van der Waals surface area contributed by atoms with Crippen LogP contribution in [0, 0.1) is 0 Å². The number of aromatic amines is 1. The fraction of sp³-hybridized carbons (Fsp3) is 0.400. The van der Waals surface area contributed by atoms with Crippen LogP contribution in [-0.2, 0) is 6.54 Å². The van der Waals surface area contributed by atoms with E-state index in [0.717, 1.165) is 22.2 Å². The van der Waals surface area contributed by atoms with E-state index in [9.17, 15) is 4.79 Å². The van der Waals surface area contributed by atoms with Gasteiger partial charge >= 0.3 is 0 Å². The second kappa shape index (κ2) is 5.05. The highest BCUT2D eigenvalue weighted by atomic mass is 16.5. The predicted molar refractivity (Wildman–Crippen MR) is 75.6 cm³/mol. The van der Waals surface area contributed by atoms with E-state index in [1.807, 2.05) is 31.2 Å². The summed E-state index contributed by atoms with van der Waals surface area (Å²) in [4.78, 5) is 14.9. The van der Waals surface area contributed by atoms with Gasteiger partial charge in [0.1, 0.15) is 5.75 Å². The maximum absolute atomic E-state index is 12.0. The van der Waals surface area contributed by atoms with Gasteiger partial charge in [0.2, 0.25) is 0 Å². The summed E-state index contributed by atoms with van der Waals surface area (Å²) >= 11 is 0. The minimum Gasteiger partial charge on any atom is -0.494 e. The van der Waals surface area contributed by atoms with Crippen molar-refractivity contribution in [1.82, 2.24) is 10.3 Å². The summed E-state index contributed by atoms with van der Waals surface area (Å²) in [6, 6.07) is 8.35. The predicted octanol–water partition coefficient (Wildman–Crippen LogP) is 2.18. The van der Waals surface area contributed by atoms with Crippen LogP contribution in [0.2, 0.25) is 0 Å². The number of pyridine rings is 1. The molecule has 0 bridgehead atoms. The Morgan fingerprint density at radius 3 is 2.95 bits per heavy atom. The Morgan fingerprint density at radius 2 is 2.21 bits per heavy atom. The molecule has 4 heteroatoms. The third-order valence-electron chi connectivity index (χ3n) is 3.36. The van der Waals surface area contributed by atoms with Crippen LogP contribution >= 0.6 is 0 Å². The van der Waals surface area contributed by atoms with Crippen molar-refractivity contribution in [3.05, 3.63) is 40.2 Å². The topological polar surface area (TPSA) is 54.1 Å². The third-order valence-corrected chi connectivity index (χ3v) is 3.36. The van der Waals surface area contributed by atoms with Crippen LogP contribution in [0.1, 0.15) is 25.3 Å². The van der Waals surface area contributed by atoms with E-state index in [1.54, 1.807) is 0 Å². The van der Waals surface area contributed by atoms with E-state index in [0.29, 0.717) is 19.2 Å². The zero-order chi connectivity index (χ0) is 13.2. The highest BCUT2D eigenvalue weighted by molar-refractivity contribution is 5.80. The number of rotatable bonds is 5. The second-order valence-corrected chi connectivity index (χ2v) is 4.96. The van der Waals surface area contributed by atoms with Crippen LogP contribution in [0.4, 0.5) is 0 Å². The van der Waals surface area contributed by atoms with Gasteiger partial charge in [-0.3, -0.25) is 4.79 Å². The van der Waals surface area contributed by atoms with Gasteiger partial charge in [-0.05, 0) is 43.4 Å². The summed E-state index contributed by atoms with van der Waals surface area (Å²) in [6.45, 7) is 3.21. The Kier molecular flexibility index (Phi) is 3.25. The van der Waals surface area contributed by atoms with Gasteiger partial charge in [0.25, 0.3) is 5.56 Å². The molecule has 1 heterocycles. The van der Waals surface area contributed by atoms with Crippen molar-refractivity contribution < 1.29 is 4.74 Å². The number of nitrogens with one attached hydrogen (secondary N) is 2. The summed E-state index contributed by atoms with van der Waals surface area (Å²) in [5.74, 6) is 0.787. The lowest BCUT2D eigenvalue weighted by Crippen LogP contribution is -2.22. The molecule has 2 aromatic rings. The molecule has 0 saturated heterocycles. The van der Waals surface area contributed by atoms with Gasteiger partial charge in [-0.2, -0.15) is 0 Å². The average molecular weight is 258 g/mol. The smallest absolute Gasteiger partial charge is 0.252 e. The van der Waals surface area contributed by atoms with Gasteiger partial charge in [-0.15, -0.1) is 0 Å². The van der Waals surface area contributed by atoms with Crippen LogP contribution in [0.25, 0.3) is 10.9 Å². The zero-order valence-electron chi connectivity index (χ0n) is 11.0. The van der Waals surface area contributed by atoms with Crippen molar-refractivity contribution in [2.24, 2.45) is 0 Å². The maximum atomic E-state index is 12.0. The SMILES string of the molecule is CCOc1ccc2cc(CNC3CC3)c(=O)[nH]c2c1. The normalized spacial score (nSPS) is 14.8. The molecule has 0 unspecified atom stereocenters. The van der Waals surface area contributed by atoms with Crippen LogP contribution in [-0.4, -0.2) is 17.6 Å². The van der Waals surface area contributed by atoms with Gasteiger partial charge in [0.05, 0.1) is 12.1 Å². The first-order chi connectivity index (χ1) is 9.26. The van der Waals surface area contributed by atoms with Gasteiger partial charge in [0.15, 0.2) is 0 Å². The highest BCUT2D eigenvalue weighted by Gasteiger charge is 2.20. The third kappa shape index (κ3) is 2.79. The van der Waals surface area contributed by atoms with Gasteiger partial charge in [-0.1, -0.05) is 0 Å². The first-order valence-corrected chi connectivity index (χ1v) is 6.78. The Morgan fingerprint density at radius 1 is 1.37 bits per heavy atom. The van der Waals surface area contributed by atoms with E-state index < -0.39 is 0 Å². The number of H-pyrrole nitrogens is 1. The Bertz CT molecular complexity index is 644. The minimum absolute atomic E-state index is 0.0192. The lowest BCUT2D eigenvalue weighted by atomic mass is 10.1. The first kappa shape index (κ1) is 12.2. The lowest BCUT2D eigenvalue weighted by Gasteiger charge is -2.07. The molecule has 0 aliphatic heterocycles. The second-order valence-electron chi connectivity index (χ2n) is 4.96. The van der Waals surface area contributed by atoms with Gasteiger partial charge in [-0.25, -0.2) is 0 Å². The van der Waals surface area contributed by atoms with Crippen molar-refractivity contribution in [2.45, 2.75) is 32.4 Å². The first-order valence-electron chi connectivity index (χ1n) is 6.78. The van der Waals surface area contributed by atoms with Crippen LogP contribution in [0.3, 0.4) is 0 Å². The van der Waals surface area contributed by atoms with E-state index in [-0.39, 0.29) is 5.56 Å². The van der Waals surface area contributed by atoms with Crippen LogP contribution in [0.15, 0.2) is 29.1 Å². The van der Waals surface area contributed by atoms with Crippen molar-refractivity contribution in [2.75, 3.05) is 6.61 Å². The largest absolute Gasteiger partial charge is 0.494 e. The molecule has 3 rings (SSSR count). The molecule has 1 fully saturated rings.